The topological polar surface area (TPSA) is 55.1 Å². The summed E-state index contributed by atoms with van der Waals surface area (Å²) in [5.41, 5.74) is 6.99. The van der Waals surface area contributed by atoms with E-state index in [0.29, 0.717) is 11.4 Å². The summed E-state index contributed by atoms with van der Waals surface area (Å²) in [5.74, 6) is 1.46. The Morgan fingerprint density at radius 2 is 2.36 bits per heavy atom. The van der Waals surface area contributed by atoms with Gasteiger partial charge in [0.25, 0.3) is 0 Å². The third-order valence-corrected chi connectivity index (χ3v) is 2.48. The number of hydrogen-bond donors (Lipinski definition) is 2. The third-order valence-electron chi connectivity index (χ3n) is 1.61. The smallest absolute Gasteiger partial charge is 0.234 e. The van der Waals surface area contributed by atoms with Crippen molar-refractivity contribution in [1.82, 2.24) is 0 Å². The molecule has 4 heteroatoms. The van der Waals surface area contributed by atoms with Crippen LogP contribution in [-0.4, -0.2) is 17.4 Å². The molecular weight excluding hydrogens is 196 g/mol. The van der Waals surface area contributed by atoms with Crippen molar-refractivity contribution in [2.45, 2.75) is 6.92 Å². The molecule has 0 aliphatic rings. The molecule has 3 nitrogen and oxygen atoms in total. The van der Waals surface area contributed by atoms with Crippen molar-refractivity contribution in [3.63, 3.8) is 0 Å². The molecule has 1 aromatic carbocycles. The summed E-state index contributed by atoms with van der Waals surface area (Å²) in [4.78, 5) is 11.3. The van der Waals surface area contributed by atoms with E-state index < -0.39 is 0 Å². The Balaban J connectivity index is 2.47. The zero-order valence-electron chi connectivity index (χ0n) is 8.12. The summed E-state index contributed by atoms with van der Waals surface area (Å²) < 4.78 is 0. The van der Waals surface area contributed by atoms with Gasteiger partial charge in [-0.05, 0) is 24.0 Å². The summed E-state index contributed by atoms with van der Waals surface area (Å²) in [6, 6.07) is 7.17. The van der Waals surface area contributed by atoms with Gasteiger partial charge in [-0.25, -0.2) is 0 Å². The second kappa shape index (κ2) is 5.54. The van der Waals surface area contributed by atoms with Gasteiger partial charge in [-0.3, -0.25) is 4.79 Å². The van der Waals surface area contributed by atoms with E-state index in [-0.39, 0.29) is 5.91 Å². The predicted molar refractivity (Wildman–Crippen MR) is 62.5 cm³/mol. The molecule has 0 spiro atoms. The van der Waals surface area contributed by atoms with Gasteiger partial charge in [0.15, 0.2) is 0 Å². The highest BCUT2D eigenvalue weighted by atomic mass is 32.2. The molecule has 1 amide bonds. The van der Waals surface area contributed by atoms with Gasteiger partial charge in [0, 0.05) is 11.4 Å². The van der Waals surface area contributed by atoms with Crippen molar-refractivity contribution >= 4 is 29.0 Å². The van der Waals surface area contributed by atoms with Gasteiger partial charge < -0.3 is 11.1 Å². The van der Waals surface area contributed by atoms with Gasteiger partial charge in [-0.2, -0.15) is 11.8 Å². The summed E-state index contributed by atoms with van der Waals surface area (Å²) in [6.07, 6.45) is 0. The lowest BCUT2D eigenvalue weighted by atomic mass is 10.3. The summed E-state index contributed by atoms with van der Waals surface area (Å²) in [6.45, 7) is 2.03. The van der Waals surface area contributed by atoms with E-state index in [2.05, 4.69) is 5.32 Å². The van der Waals surface area contributed by atoms with Crippen LogP contribution in [0.4, 0.5) is 11.4 Å². The number of nitrogens with two attached hydrogens (primary N) is 1. The number of anilines is 2. The lowest BCUT2D eigenvalue weighted by molar-refractivity contribution is -0.113. The number of rotatable bonds is 4. The number of thioether (sulfide) groups is 1. The van der Waals surface area contributed by atoms with Crippen LogP contribution in [0.2, 0.25) is 0 Å². The van der Waals surface area contributed by atoms with Crippen molar-refractivity contribution in [3.8, 4) is 0 Å². The molecule has 1 rings (SSSR count). The number of amides is 1. The lowest BCUT2D eigenvalue weighted by Gasteiger charge is -2.04. The highest BCUT2D eigenvalue weighted by Gasteiger charge is 2.01. The van der Waals surface area contributed by atoms with Crippen LogP contribution < -0.4 is 11.1 Å². The summed E-state index contributed by atoms with van der Waals surface area (Å²) in [5, 5.41) is 2.78. The van der Waals surface area contributed by atoms with E-state index in [1.165, 1.54) is 0 Å². The van der Waals surface area contributed by atoms with Gasteiger partial charge in [0.1, 0.15) is 0 Å². The second-order valence-electron chi connectivity index (χ2n) is 2.81. The molecule has 0 saturated heterocycles. The van der Waals surface area contributed by atoms with Crippen molar-refractivity contribution < 1.29 is 4.79 Å². The molecule has 0 bridgehead atoms. The Hall–Kier alpha value is -1.16. The zero-order chi connectivity index (χ0) is 10.4. The molecule has 0 aromatic heterocycles. The Labute approximate surface area is 88.1 Å². The normalized spacial score (nSPS) is 9.79. The van der Waals surface area contributed by atoms with Gasteiger partial charge >= 0.3 is 0 Å². The van der Waals surface area contributed by atoms with Crippen molar-refractivity contribution in [2.24, 2.45) is 0 Å². The number of nitrogen functional groups attached to an aromatic ring is 1. The number of nitrogens with one attached hydrogen (secondary N) is 1. The van der Waals surface area contributed by atoms with Gasteiger partial charge in [-0.1, -0.05) is 13.0 Å². The Kier molecular flexibility index (Phi) is 4.32. The van der Waals surface area contributed by atoms with Crippen molar-refractivity contribution in [2.75, 3.05) is 22.6 Å². The maximum atomic E-state index is 11.3. The molecule has 0 radical (unpaired) electrons. The largest absolute Gasteiger partial charge is 0.399 e. The number of carbonyl (C=O) groups is 1. The predicted octanol–water partition coefficient (Wildman–Crippen LogP) is 1.96. The van der Waals surface area contributed by atoms with Crippen LogP contribution in [0.25, 0.3) is 0 Å². The lowest BCUT2D eigenvalue weighted by Crippen LogP contribution is -2.14. The second-order valence-corrected chi connectivity index (χ2v) is 4.09. The average Bonchev–Trinajstić information content (AvgIpc) is 2.15. The number of carbonyl (C=O) groups excluding carboxylic acids is 1. The molecule has 0 heterocycles. The maximum Gasteiger partial charge on any atom is 0.234 e. The Morgan fingerprint density at radius 3 is 3.00 bits per heavy atom. The first-order valence-corrected chi connectivity index (χ1v) is 5.61. The Morgan fingerprint density at radius 1 is 1.57 bits per heavy atom. The first-order chi connectivity index (χ1) is 6.72. The molecule has 0 fully saturated rings. The molecular formula is C10H14N2OS. The van der Waals surface area contributed by atoms with E-state index in [1.54, 1.807) is 23.9 Å². The molecule has 1 aromatic rings. The average molecular weight is 210 g/mol. The van der Waals surface area contributed by atoms with E-state index >= 15 is 0 Å². The summed E-state index contributed by atoms with van der Waals surface area (Å²) >= 11 is 1.60. The molecule has 14 heavy (non-hydrogen) atoms. The van der Waals surface area contributed by atoms with Crippen LogP contribution in [-0.2, 0) is 4.79 Å². The quantitative estimate of drug-likeness (QED) is 0.747. The minimum absolute atomic E-state index is 0.0162. The molecule has 0 aliphatic heterocycles. The van der Waals surface area contributed by atoms with E-state index in [0.717, 1.165) is 11.4 Å². The third kappa shape index (κ3) is 3.70. The Bertz CT molecular complexity index is 315. The molecule has 0 aliphatic carbocycles. The zero-order valence-corrected chi connectivity index (χ0v) is 8.93. The highest BCUT2D eigenvalue weighted by molar-refractivity contribution is 7.99. The molecule has 0 unspecified atom stereocenters. The number of hydrogen-bond acceptors (Lipinski definition) is 3. The first kappa shape index (κ1) is 10.9. The van der Waals surface area contributed by atoms with E-state index in [4.69, 9.17) is 5.73 Å². The SMILES string of the molecule is CCSCC(=O)Nc1cccc(N)c1. The van der Waals surface area contributed by atoms with Crippen molar-refractivity contribution in [3.05, 3.63) is 24.3 Å². The highest BCUT2D eigenvalue weighted by Crippen LogP contribution is 2.12. The van der Waals surface area contributed by atoms with Crippen LogP contribution in [0.1, 0.15) is 6.92 Å². The first-order valence-electron chi connectivity index (χ1n) is 4.45. The van der Waals surface area contributed by atoms with E-state index in [1.807, 2.05) is 19.1 Å². The molecule has 0 saturated carbocycles. The van der Waals surface area contributed by atoms with Gasteiger partial charge in [-0.15, -0.1) is 0 Å². The monoisotopic (exact) mass is 210 g/mol. The summed E-state index contributed by atoms with van der Waals surface area (Å²) in [7, 11) is 0. The van der Waals surface area contributed by atoms with Crippen molar-refractivity contribution in [1.29, 1.82) is 0 Å². The molecule has 3 N–H and O–H groups in total. The standard InChI is InChI=1S/C10H14N2OS/c1-2-14-7-10(13)12-9-5-3-4-8(11)6-9/h3-6H,2,7,11H2,1H3,(H,12,13). The van der Waals surface area contributed by atoms with Gasteiger partial charge in [0.05, 0.1) is 5.75 Å². The fourth-order valence-electron chi connectivity index (χ4n) is 1.01. The van der Waals surface area contributed by atoms with E-state index in [9.17, 15) is 4.79 Å². The molecule has 76 valence electrons. The maximum absolute atomic E-state index is 11.3. The fraction of sp³-hybridized carbons (Fsp3) is 0.300. The number of benzene rings is 1. The van der Waals surface area contributed by atoms with Crippen LogP contribution in [0, 0.1) is 0 Å². The van der Waals surface area contributed by atoms with Crippen LogP contribution in [0.3, 0.4) is 0 Å². The minimum atomic E-state index is 0.0162. The van der Waals surface area contributed by atoms with Gasteiger partial charge in [0.2, 0.25) is 5.91 Å². The fourth-order valence-corrected chi connectivity index (χ4v) is 1.47. The van der Waals surface area contributed by atoms with Crippen LogP contribution >= 0.6 is 11.8 Å². The minimum Gasteiger partial charge on any atom is -0.399 e. The van der Waals surface area contributed by atoms with Crippen LogP contribution in [0.15, 0.2) is 24.3 Å². The molecule has 0 atom stereocenters. The van der Waals surface area contributed by atoms with Crippen LogP contribution in [0.5, 0.6) is 0 Å².